The molecule has 1 aliphatic rings. The van der Waals surface area contributed by atoms with Crippen LogP contribution in [0.1, 0.15) is 19.3 Å². The number of carbonyl (C=O) groups is 3. The van der Waals surface area contributed by atoms with Gasteiger partial charge in [0, 0.05) is 26.7 Å². The highest BCUT2D eigenvalue weighted by Gasteiger charge is 2.29. The summed E-state index contributed by atoms with van der Waals surface area (Å²) in [7, 11) is 1.58. The second-order valence-electron chi connectivity index (χ2n) is 4.53. The third-order valence-corrected chi connectivity index (χ3v) is 3.12. The van der Waals surface area contributed by atoms with E-state index in [1.807, 2.05) is 0 Å². The Kier molecular flexibility index (Phi) is 4.94. The van der Waals surface area contributed by atoms with Crippen molar-refractivity contribution in [3.8, 4) is 0 Å². The van der Waals surface area contributed by atoms with Gasteiger partial charge >= 0.3 is 12.0 Å². The molecule has 18 heavy (non-hydrogen) atoms. The fourth-order valence-electron chi connectivity index (χ4n) is 2.06. The average molecular weight is 257 g/mol. The minimum atomic E-state index is -0.933. The Morgan fingerprint density at radius 2 is 2.11 bits per heavy atom. The number of likely N-dealkylation sites (tertiary alicyclic amines) is 1. The summed E-state index contributed by atoms with van der Waals surface area (Å²) in [5.41, 5.74) is 5.19. The lowest BCUT2D eigenvalue weighted by atomic mass is 9.97. The average Bonchev–Trinajstić information content (AvgIpc) is 2.35. The van der Waals surface area contributed by atoms with Crippen LogP contribution in [0.3, 0.4) is 0 Å². The Labute approximate surface area is 106 Å². The highest BCUT2D eigenvalue weighted by molar-refractivity contribution is 5.80. The summed E-state index contributed by atoms with van der Waals surface area (Å²) in [5.74, 6) is -1.33. The van der Waals surface area contributed by atoms with Crippen LogP contribution >= 0.6 is 0 Å². The number of carboxylic acid groups (broad SMARTS) is 1. The van der Waals surface area contributed by atoms with Crippen LogP contribution in [-0.4, -0.2) is 59.5 Å². The molecule has 0 aromatic heterocycles. The molecule has 1 unspecified atom stereocenters. The van der Waals surface area contributed by atoms with Crippen molar-refractivity contribution >= 4 is 17.9 Å². The zero-order valence-electron chi connectivity index (χ0n) is 10.5. The molecule has 0 saturated carbocycles. The van der Waals surface area contributed by atoms with E-state index < -0.39 is 12.0 Å². The van der Waals surface area contributed by atoms with Gasteiger partial charge in [0.2, 0.25) is 5.91 Å². The van der Waals surface area contributed by atoms with Crippen LogP contribution in [0.5, 0.6) is 0 Å². The number of hydrogen-bond donors (Lipinski definition) is 2. The predicted molar refractivity (Wildman–Crippen MR) is 63.8 cm³/mol. The molecule has 0 aliphatic carbocycles. The van der Waals surface area contributed by atoms with Crippen molar-refractivity contribution in [2.24, 2.45) is 11.7 Å². The van der Waals surface area contributed by atoms with E-state index in [9.17, 15) is 14.4 Å². The van der Waals surface area contributed by atoms with Gasteiger partial charge in [-0.15, -0.1) is 0 Å². The second kappa shape index (κ2) is 6.23. The highest BCUT2D eigenvalue weighted by Crippen LogP contribution is 2.18. The zero-order valence-corrected chi connectivity index (χ0v) is 10.5. The van der Waals surface area contributed by atoms with E-state index in [4.69, 9.17) is 10.8 Å². The number of hydrogen-bond acceptors (Lipinski definition) is 3. The third kappa shape index (κ3) is 3.90. The summed E-state index contributed by atoms with van der Waals surface area (Å²) in [6.45, 7) is 1.09. The number of carboxylic acids is 1. The summed E-state index contributed by atoms with van der Waals surface area (Å²) in [4.78, 5) is 36.4. The van der Waals surface area contributed by atoms with Crippen molar-refractivity contribution in [3.63, 3.8) is 0 Å². The van der Waals surface area contributed by atoms with Crippen molar-refractivity contribution in [1.82, 2.24) is 9.80 Å². The molecular weight excluding hydrogens is 238 g/mol. The largest absolute Gasteiger partial charge is 0.481 e. The lowest BCUT2D eigenvalue weighted by Gasteiger charge is -2.32. The Morgan fingerprint density at radius 3 is 2.67 bits per heavy atom. The van der Waals surface area contributed by atoms with E-state index in [-0.39, 0.29) is 24.8 Å². The fraction of sp³-hybridized carbons (Fsp3) is 0.727. The van der Waals surface area contributed by atoms with E-state index >= 15 is 0 Å². The minimum Gasteiger partial charge on any atom is -0.481 e. The Hall–Kier alpha value is -1.79. The molecule has 1 saturated heterocycles. The number of urea groups is 1. The normalized spacial score (nSPS) is 19.4. The van der Waals surface area contributed by atoms with Gasteiger partial charge in [-0.05, 0) is 12.8 Å². The molecule has 102 valence electrons. The van der Waals surface area contributed by atoms with Gasteiger partial charge in [-0.25, -0.2) is 4.79 Å². The summed E-state index contributed by atoms with van der Waals surface area (Å²) >= 11 is 0. The first-order valence-electron chi connectivity index (χ1n) is 5.93. The molecule has 1 aliphatic heterocycles. The van der Waals surface area contributed by atoms with Gasteiger partial charge in [-0.1, -0.05) is 0 Å². The Morgan fingerprint density at radius 1 is 1.44 bits per heavy atom. The monoisotopic (exact) mass is 257 g/mol. The summed E-state index contributed by atoms with van der Waals surface area (Å²) in [6.07, 6.45) is 1.38. The van der Waals surface area contributed by atoms with Gasteiger partial charge in [-0.2, -0.15) is 0 Å². The van der Waals surface area contributed by atoms with Crippen LogP contribution in [0.25, 0.3) is 0 Å². The first kappa shape index (κ1) is 14.3. The molecule has 0 aromatic carbocycles. The molecule has 3 amide bonds. The van der Waals surface area contributed by atoms with Gasteiger partial charge in [0.05, 0.1) is 12.3 Å². The summed E-state index contributed by atoms with van der Waals surface area (Å²) in [5, 5.41) is 8.56. The molecule has 0 radical (unpaired) electrons. The molecule has 0 aromatic rings. The second-order valence-corrected chi connectivity index (χ2v) is 4.53. The van der Waals surface area contributed by atoms with Crippen LogP contribution in [0.15, 0.2) is 0 Å². The summed E-state index contributed by atoms with van der Waals surface area (Å²) < 4.78 is 0. The van der Waals surface area contributed by atoms with Crippen molar-refractivity contribution < 1.29 is 19.5 Å². The highest BCUT2D eigenvalue weighted by atomic mass is 16.4. The van der Waals surface area contributed by atoms with E-state index in [1.165, 1.54) is 9.80 Å². The van der Waals surface area contributed by atoms with Gasteiger partial charge < -0.3 is 20.6 Å². The van der Waals surface area contributed by atoms with Crippen LogP contribution in [0.2, 0.25) is 0 Å². The maximum atomic E-state index is 12.0. The van der Waals surface area contributed by atoms with Gasteiger partial charge in [-0.3, -0.25) is 9.59 Å². The van der Waals surface area contributed by atoms with E-state index in [2.05, 4.69) is 0 Å². The number of carbonyl (C=O) groups excluding carboxylic acids is 2. The van der Waals surface area contributed by atoms with Gasteiger partial charge in [0.15, 0.2) is 0 Å². The number of aliphatic carboxylic acids is 1. The van der Waals surface area contributed by atoms with Crippen molar-refractivity contribution in [2.45, 2.75) is 19.3 Å². The zero-order chi connectivity index (χ0) is 13.7. The number of nitrogens with zero attached hydrogens (tertiary/aromatic N) is 2. The maximum absolute atomic E-state index is 12.0. The van der Waals surface area contributed by atoms with E-state index in [0.717, 1.165) is 6.42 Å². The van der Waals surface area contributed by atoms with Crippen LogP contribution < -0.4 is 5.73 Å². The molecule has 0 spiro atoms. The third-order valence-electron chi connectivity index (χ3n) is 3.12. The molecule has 3 N–H and O–H groups in total. The lowest BCUT2D eigenvalue weighted by Crippen LogP contribution is -2.47. The molecule has 1 heterocycles. The number of nitrogens with two attached hydrogens (primary N) is 1. The standard InChI is InChI=1S/C11H19N3O4/c1-13(6-4-9(15)16)10(17)8-3-2-5-14(7-8)11(12)18/h8H,2-7H2,1H3,(H2,12,18)(H,15,16). The molecule has 1 rings (SSSR count). The fourth-order valence-corrected chi connectivity index (χ4v) is 2.06. The summed E-state index contributed by atoms with van der Waals surface area (Å²) in [6, 6.07) is -0.513. The number of amides is 3. The molecule has 7 heteroatoms. The van der Waals surface area contributed by atoms with Crippen molar-refractivity contribution in [2.75, 3.05) is 26.7 Å². The van der Waals surface area contributed by atoms with Gasteiger partial charge in [0.25, 0.3) is 0 Å². The first-order chi connectivity index (χ1) is 8.41. The lowest BCUT2D eigenvalue weighted by molar-refractivity contribution is -0.139. The predicted octanol–water partition coefficient (Wildman–Crippen LogP) is -0.290. The van der Waals surface area contributed by atoms with Crippen LogP contribution in [-0.2, 0) is 9.59 Å². The molecule has 7 nitrogen and oxygen atoms in total. The van der Waals surface area contributed by atoms with Gasteiger partial charge in [0.1, 0.15) is 0 Å². The number of piperidine rings is 1. The minimum absolute atomic E-state index is 0.0749. The van der Waals surface area contributed by atoms with Crippen molar-refractivity contribution in [1.29, 1.82) is 0 Å². The van der Waals surface area contributed by atoms with Crippen LogP contribution in [0.4, 0.5) is 4.79 Å². The molecular formula is C11H19N3O4. The van der Waals surface area contributed by atoms with E-state index in [1.54, 1.807) is 7.05 Å². The van der Waals surface area contributed by atoms with Crippen LogP contribution in [0, 0.1) is 5.92 Å². The van der Waals surface area contributed by atoms with Crippen molar-refractivity contribution in [3.05, 3.63) is 0 Å². The smallest absolute Gasteiger partial charge is 0.314 e. The topological polar surface area (TPSA) is 104 Å². The quantitative estimate of drug-likeness (QED) is 0.722. The maximum Gasteiger partial charge on any atom is 0.314 e. The number of primary amides is 1. The molecule has 0 bridgehead atoms. The Balaban J connectivity index is 2.49. The molecule has 1 atom stereocenters. The number of rotatable bonds is 4. The molecule has 1 fully saturated rings. The SMILES string of the molecule is CN(CCC(=O)O)C(=O)C1CCCN(C(N)=O)C1. The van der Waals surface area contributed by atoms with E-state index in [0.29, 0.717) is 19.5 Å². The first-order valence-corrected chi connectivity index (χ1v) is 5.93. The Bertz CT molecular complexity index is 345.